The summed E-state index contributed by atoms with van der Waals surface area (Å²) < 4.78 is 11.3. The summed E-state index contributed by atoms with van der Waals surface area (Å²) in [7, 11) is 3.32. The standard InChI is InChI=1S/C24H23ClO3S/c1-27-21-9-5-8-19(23(21)28-2)24-20-14-15(25)10-11-17(20)16-6-3-4-7-18(16)22(29-24)12-13-26/h3-11,14,22,24,26H,12-13H2,1-2H3/t22-,24-/m1/s1. The van der Waals surface area contributed by atoms with Crippen molar-refractivity contribution in [1.82, 2.24) is 0 Å². The molecule has 0 saturated carbocycles. The van der Waals surface area contributed by atoms with E-state index in [1.165, 1.54) is 11.1 Å². The molecule has 0 aromatic heterocycles. The van der Waals surface area contributed by atoms with Crippen LogP contribution >= 0.6 is 23.4 Å². The number of halogens is 1. The Labute approximate surface area is 180 Å². The van der Waals surface area contributed by atoms with Crippen LogP contribution in [0.15, 0.2) is 60.7 Å². The van der Waals surface area contributed by atoms with Crippen molar-refractivity contribution in [2.45, 2.75) is 16.9 Å². The first-order valence-electron chi connectivity index (χ1n) is 9.54. The number of methoxy groups -OCH3 is 2. The monoisotopic (exact) mass is 426 g/mol. The summed E-state index contributed by atoms with van der Waals surface area (Å²) in [6.07, 6.45) is 0.673. The van der Waals surface area contributed by atoms with Crippen molar-refractivity contribution in [1.29, 1.82) is 0 Å². The fourth-order valence-corrected chi connectivity index (χ4v) is 5.81. The molecule has 3 nitrogen and oxygen atoms in total. The van der Waals surface area contributed by atoms with E-state index in [4.69, 9.17) is 21.1 Å². The highest BCUT2D eigenvalue weighted by Gasteiger charge is 2.32. The first kappa shape index (κ1) is 20.1. The Hall–Kier alpha value is -2.14. The number of aliphatic hydroxyl groups is 1. The van der Waals surface area contributed by atoms with Gasteiger partial charge >= 0.3 is 0 Å². The van der Waals surface area contributed by atoms with E-state index in [1.54, 1.807) is 14.2 Å². The van der Waals surface area contributed by atoms with Gasteiger partial charge in [-0.1, -0.05) is 54.1 Å². The van der Waals surface area contributed by atoms with Gasteiger partial charge in [-0.3, -0.25) is 0 Å². The molecule has 1 aliphatic heterocycles. The van der Waals surface area contributed by atoms with E-state index in [2.05, 4.69) is 36.4 Å². The number of rotatable bonds is 5. The van der Waals surface area contributed by atoms with E-state index in [0.717, 1.165) is 22.4 Å². The van der Waals surface area contributed by atoms with Crippen LogP contribution in [0.2, 0.25) is 5.02 Å². The van der Waals surface area contributed by atoms with Crippen molar-refractivity contribution in [3.8, 4) is 22.6 Å². The molecule has 0 spiro atoms. The second-order valence-electron chi connectivity index (χ2n) is 6.92. The molecule has 5 heteroatoms. The lowest BCUT2D eigenvalue weighted by Crippen LogP contribution is -2.04. The number of para-hydroxylation sites is 1. The Kier molecular flexibility index (Phi) is 6.04. The molecule has 0 radical (unpaired) electrons. The van der Waals surface area contributed by atoms with Crippen molar-refractivity contribution < 1.29 is 14.6 Å². The van der Waals surface area contributed by atoms with Gasteiger partial charge in [0, 0.05) is 22.4 Å². The Morgan fingerprint density at radius 3 is 2.41 bits per heavy atom. The van der Waals surface area contributed by atoms with Gasteiger partial charge in [-0.2, -0.15) is 0 Å². The summed E-state index contributed by atoms with van der Waals surface area (Å²) >= 11 is 8.25. The Morgan fingerprint density at radius 2 is 1.66 bits per heavy atom. The molecular weight excluding hydrogens is 404 g/mol. The lowest BCUT2D eigenvalue weighted by Gasteiger charge is -2.24. The molecule has 3 aromatic rings. The molecule has 0 saturated heterocycles. The molecule has 0 unspecified atom stereocenters. The second kappa shape index (κ2) is 8.70. The third-order valence-electron chi connectivity index (χ3n) is 5.30. The van der Waals surface area contributed by atoms with Gasteiger partial charge in [-0.15, -0.1) is 11.8 Å². The van der Waals surface area contributed by atoms with Gasteiger partial charge in [0.2, 0.25) is 0 Å². The minimum Gasteiger partial charge on any atom is -0.493 e. The number of hydrogen-bond donors (Lipinski definition) is 1. The van der Waals surface area contributed by atoms with Crippen molar-refractivity contribution in [2.75, 3.05) is 20.8 Å². The van der Waals surface area contributed by atoms with Crippen molar-refractivity contribution in [3.05, 3.63) is 82.4 Å². The molecule has 29 heavy (non-hydrogen) atoms. The van der Waals surface area contributed by atoms with Crippen LogP contribution in [0.4, 0.5) is 0 Å². The summed E-state index contributed by atoms with van der Waals surface area (Å²) in [4.78, 5) is 0. The molecule has 150 valence electrons. The zero-order valence-corrected chi connectivity index (χ0v) is 18.0. The van der Waals surface area contributed by atoms with Crippen LogP contribution in [0.3, 0.4) is 0 Å². The number of fused-ring (bicyclic) bond motifs is 3. The van der Waals surface area contributed by atoms with Gasteiger partial charge in [-0.25, -0.2) is 0 Å². The Bertz CT molecular complexity index is 1020. The molecular formula is C24H23ClO3S. The van der Waals surface area contributed by atoms with Gasteiger partial charge in [0.15, 0.2) is 11.5 Å². The SMILES string of the molecule is COc1cccc([C@H]2S[C@H](CCO)c3ccccc3-c3ccc(Cl)cc32)c1OC. The summed E-state index contributed by atoms with van der Waals surface area (Å²) in [5, 5.41) is 10.6. The predicted octanol–water partition coefficient (Wildman–Crippen LogP) is 6.28. The fraction of sp³-hybridized carbons (Fsp3) is 0.250. The number of ether oxygens (including phenoxy) is 2. The molecule has 3 aromatic carbocycles. The average molecular weight is 427 g/mol. The Morgan fingerprint density at radius 1 is 0.897 bits per heavy atom. The minimum atomic E-state index is -0.0160. The van der Waals surface area contributed by atoms with E-state index < -0.39 is 0 Å². The minimum absolute atomic E-state index is 0.0160. The summed E-state index contributed by atoms with van der Waals surface area (Å²) in [6, 6.07) is 20.5. The van der Waals surface area contributed by atoms with Gasteiger partial charge in [0.25, 0.3) is 0 Å². The summed E-state index contributed by atoms with van der Waals surface area (Å²) in [5.74, 6) is 1.43. The third-order valence-corrected chi connectivity index (χ3v) is 7.13. The maximum Gasteiger partial charge on any atom is 0.165 e. The number of thioether (sulfide) groups is 1. The highest BCUT2D eigenvalue weighted by Crippen LogP contribution is 2.56. The van der Waals surface area contributed by atoms with E-state index in [9.17, 15) is 5.11 Å². The van der Waals surface area contributed by atoms with Crippen LogP contribution in [0, 0.1) is 0 Å². The highest BCUT2D eigenvalue weighted by molar-refractivity contribution is 8.00. The summed E-state index contributed by atoms with van der Waals surface area (Å²) in [6.45, 7) is 0.130. The topological polar surface area (TPSA) is 38.7 Å². The van der Waals surface area contributed by atoms with Crippen LogP contribution < -0.4 is 9.47 Å². The van der Waals surface area contributed by atoms with Crippen LogP contribution in [0.5, 0.6) is 11.5 Å². The zero-order chi connectivity index (χ0) is 20.4. The van der Waals surface area contributed by atoms with Gasteiger partial charge in [-0.05, 0) is 46.9 Å². The van der Waals surface area contributed by atoms with Crippen LogP contribution in [0.25, 0.3) is 11.1 Å². The van der Waals surface area contributed by atoms with E-state index >= 15 is 0 Å². The number of aliphatic hydroxyl groups excluding tert-OH is 1. The van der Waals surface area contributed by atoms with E-state index in [1.807, 2.05) is 36.0 Å². The van der Waals surface area contributed by atoms with E-state index in [-0.39, 0.29) is 17.1 Å². The van der Waals surface area contributed by atoms with Gasteiger partial charge in [0.1, 0.15) is 0 Å². The lowest BCUT2D eigenvalue weighted by atomic mass is 9.90. The highest BCUT2D eigenvalue weighted by atomic mass is 35.5. The third kappa shape index (κ3) is 3.73. The van der Waals surface area contributed by atoms with Crippen LogP contribution in [0.1, 0.15) is 33.6 Å². The molecule has 2 atom stereocenters. The summed E-state index contributed by atoms with van der Waals surface area (Å²) in [5.41, 5.74) is 5.76. The molecule has 4 rings (SSSR count). The molecule has 0 amide bonds. The van der Waals surface area contributed by atoms with Gasteiger partial charge < -0.3 is 14.6 Å². The zero-order valence-electron chi connectivity index (χ0n) is 16.4. The molecule has 0 bridgehead atoms. The second-order valence-corrected chi connectivity index (χ2v) is 8.67. The quantitative estimate of drug-likeness (QED) is 0.520. The van der Waals surface area contributed by atoms with Crippen molar-refractivity contribution in [2.24, 2.45) is 0 Å². The molecule has 0 aliphatic carbocycles. The normalized spacial score (nSPS) is 17.8. The molecule has 1 N–H and O–H groups in total. The Balaban J connectivity index is 1.98. The maximum absolute atomic E-state index is 9.76. The van der Waals surface area contributed by atoms with E-state index in [0.29, 0.717) is 17.2 Å². The van der Waals surface area contributed by atoms with Gasteiger partial charge in [0.05, 0.1) is 19.5 Å². The van der Waals surface area contributed by atoms with Crippen molar-refractivity contribution in [3.63, 3.8) is 0 Å². The average Bonchev–Trinajstić information content (AvgIpc) is 2.88. The van der Waals surface area contributed by atoms with Crippen LogP contribution in [-0.2, 0) is 0 Å². The number of hydrogen-bond acceptors (Lipinski definition) is 4. The lowest BCUT2D eigenvalue weighted by molar-refractivity contribution is 0.287. The first-order valence-corrected chi connectivity index (χ1v) is 10.9. The molecule has 0 fully saturated rings. The molecule has 1 aliphatic rings. The largest absolute Gasteiger partial charge is 0.493 e. The number of benzene rings is 3. The molecule has 1 heterocycles. The predicted molar refractivity (Wildman–Crippen MR) is 120 cm³/mol. The maximum atomic E-state index is 9.76. The van der Waals surface area contributed by atoms with Crippen LogP contribution in [-0.4, -0.2) is 25.9 Å². The smallest absolute Gasteiger partial charge is 0.165 e. The first-order chi connectivity index (χ1) is 14.2. The fourth-order valence-electron chi connectivity index (χ4n) is 4.03. The van der Waals surface area contributed by atoms with Crippen molar-refractivity contribution >= 4 is 23.4 Å².